The highest BCUT2D eigenvalue weighted by molar-refractivity contribution is 6.41. The zero-order valence-electron chi connectivity index (χ0n) is 10.3. The third kappa shape index (κ3) is 2.69. The molecule has 19 heavy (non-hydrogen) atoms. The summed E-state index contributed by atoms with van der Waals surface area (Å²) in [5, 5.41) is 0.552. The van der Waals surface area contributed by atoms with Crippen LogP contribution in [-0.4, -0.2) is 25.0 Å². The lowest BCUT2D eigenvalue weighted by Crippen LogP contribution is -2.02. The van der Waals surface area contributed by atoms with Crippen LogP contribution in [0.15, 0.2) is 24.3 Å². The van der Waals surface area contributed by atoms with E-state index in [0.29, 0.717) is 27.8 Å². The molecule has 1 N–H and O–H groups in total. The van der Waals surface area contributed by atoms with Crippen molar-refractivity contribution in [3.63, 3.8) is 0 Å². The fourth-order valence-electron chi connectivity index (χ4n) is 1.66. The van der Waals surface area contributed by atoms with Crippen LogP contribution >= 0.6 is 23.2 Å². The molecular weight excluding hydrogens is 289 g/mol. The second-order valence-electron chi connectivity index (χ2n) is 3.74. The van der Waals surface area contributed by atoms with E-state index >= 15 is 0 Å². The number of methoxy groups -OCH3 is 2. The summed E-state index contributed by atoms with van der Waals surface area (Å²) in [7, 11) is 3.04. The molecule has 4 nitrogen and oxygen atoms in total. The van der Waals surface area contributed by atoms with Gasteiger partial charge in [0.05, 0.1) is 24.9 Å². The number of halogens is 2. The average Bonchev–Trinajstić information content (AvgIpc) is 2.77. The van der Waals surface area contributed by atoms with Crippen LogP contribution in [0.25, 0.3) is 0 Å². The number of hydrogen-bond donors (Lipinski definition) is 1. The van der Waals surface area contributed by atoms with Crippen molar-refractivity contribution in [1.82, 2.24) is 4.98 Å². The van der Waals surface area contributed by atoms with Crippen molar-refractivity contribution in [2.24, 2.45) is 0 Å². The highest BCUT2D eigenvalue weighted by Crippen LogP contribution is 2.29. The van der Waals surface area contributed by atoms with Crippen LogP contribution in [0.2, 0.25) is 10.2 Å². The molecule has 0 aliphatic carbocycles. The number of H-pyrrole nitrogens is 1. The molecule has 0 bridgehead atoms. The molecule has 0 aliphatic rings. The van der Waals surface area contributed by atoms with Crippen molar-refractivity contribution in [1.29, 1.82) is 0 Å². The van der Waals surface area contributed by atoms with Gasteiger partial charge in [-0.25, -0.2) is 0 Å². The molecule has 0 radical (unpaired) electrons. The minimum absolute atomic E-state index is 0.227. The first kappa shape index (κ1) is 13.8. The lowest BCUT2D eigenvalue weighted by atomic mass is 10.1. The van der Waals surface area contributed by atoms with Gasteiger partial charge in [-0.2, -0.15) is 0 Å². The molecule has 0 atom stereocenters. The molecule has 0 fully saturated rings. The molecule has 1 aromatic carbocycles. The van der Waals surface area contributed by atoms with Crippen LogP contribution in [0.3, 0.4) is 0 Å². The van der Waals surface area contributed by atoms with Crippen molar-refractivity contribution >= 4 is 29.0 Å². The zero-order chi connectivity index (χ0) is 14.0. The minimum atomic E-state index is -0.227. The second kappa shape index (κ2) is 5.55. The number of nitrogens with one attached hydrogen (secondary N) is 1. The smallest absolute Gasteiger partial charge is 0.209 e. The number of carbonyl (C=O) groups excluding carboxylic acids is 1. The molecule has 0 saturated carbocycles. The van der Waals surface area contributed by atoms with E-state index in [0.717, 1.165) is 0 Å². The predicted molar refractivity (Wildman–Crippen MR) is 73.8 cm³/mol. The molecule has 0 aliphatic heterocycles. The zero-order valence-corrected chi connectivity index (χ0v) is 11.8. The molecule has 100 valence electrons. The van der Waals surface area contributed by atoms with Gasteiger partial charge in [-0.05, 0) is 24.3 Å². The Morgan fingerprint density at radius 3 is 2.32 bits per heavy atom. The van der Waals surface area contributed by atoms with E-state index in [2.05, 4.69) is 4.98 Å². The molecular formula is C13H11Cl2NO3. The third-order valence-corrected chi connectivity index (χ3v) is 3.31. The lowest BCUT2D eigenvalue weighted by Gasteiger charge is -2.08. The standard InChI is InChI=1S/C13H11Cl2NO3/c1-18-10-4-3-7(5-11(10)19-2)12(17)9-6-8(14)13(15)16-9/h3-6,16H,1-2H3. The number of ether oxygens (including phenoxy) is 2. The Morgan fingerprint density at radius 1 is 1.11 bits per heavy atom. The summed E-state index contributed by atoms with van der Waals surface area (Å²) in [6, 6.07) is 6.40. The summed E-state index contributed by atoms with van der Waals surface area (Å²) < 4.78 is 10.3. The number of rotatable bonds is 4. The largest absolute Gasteiger partial charge is 0.493 e. The van der Waals surface area contributed by atoms with E-state index in [9.17, 15) is 4.79 Å². The van der Waals surface area contributed by atoms with Crippen molar-refractivity contribution in [3.8, 4) is 11.5 Å². The minimum Gasteiger partial charge on any atom is -0.493 e. The van der Waals surface area contributed by atoms with Crippen LogP contribution in [0, 0.1) is 0 Å². The summed E-state index contributed by atoms with van der Waals surface area (Å²) in [6.45, 7) is 0. The van der Waals surface area contributed by atoms with Crippen LogP contribution in [0.4, 0.5) is 0 Å². The molecule has 0 saturated heterocycles. The van der Waals surface area contributed by atoms with Gasteiger partial charge >= 0.3 is 0 Å². The normalized spacial score (nSPS) is 10.3. The number of ketones is 1. The Bertz CT molecular complexity index is 603. The van der Waals surface area contributed by atoms with E-state index in [4.69, 9.17) is 32.7 Å². The molecule has 6 heteroatoms. The van der Waals surface area contributed by atoms with E-state index in [1.807, 2.05) is 0 Å². The summed E-state index contributed by atoms with van der Waals surface area (Å²) in [5.41, 5.74) is 0.773. The van der Waals surface area contributed by atoms with E-state index in [1.165, 1.54) is 20.3 Å². The number of aromatic nitrogens is 1. The van der Waals surface area contributed by atoms with Gasteiger partial charge in [0.2, 0.25) is 5.78 Å². The third-order valence-electron chi connectivity index (χ3n) is 2.62. The van der Waals surface area contributed by atoms with Crippen LogP contribution in [0.1, 0.15) is 16.1 Å². The van der Waals surface area contributed by atoms with Crippen LogP contribution < -0.4 is 9.47 Å². The maximum atomic E-state index is 12.2. The molecule has 2 rings (SSSR count). The van der Waals surface area contributed by atoms with Gasteiger partial charge in [0.1, 0.15) is 5.15 Å². The number of aromatic amines is 1. The van der Waals surface area contributed by atoms with Crippen molar-refractivity contribution in [3.05, 3.63) is 45.7 Å². The first-order valence-electron chi connectivity index (χ1n) is 5.37. The maximum absolute atomic E-state index is 12.2. The predicted octanol–water partition coefficient (Wildman–Crippen LogP) is 3.57. The average molecular weight is 300 g/mol. The Morgan fingerprint density at radius 2 is 1.79 bits per heavy atom. The number of benzene rings is 1. The summed E-state index contributed by atoms with van der Waals surface area (Å²) in [6.07, 6.45) is 0. The van der Waals surface area contributed by atoms with Gasteiger partial charge < -0.3 is 14.5 Å². The summed E-state index contributed by atoms with van der Waals surface area (Å²) in [4.78, 5) is 15.0. The fourth-order valence-corrected chi connectivity index (χ4v) is 1.97. The van der Waals surface area contributed by atoms with Gasteiger partial charge in [0, 0.05) is 5.56 Å². The topological polar surface area (TPSA) is 51.3 Å². The number of carbonyl (C=O) groups is 1. The lowest BCUT2D eigenvalue weighted by molar-refractivity contribution is 0.103. The van der Waals surface area contributed by atoms with Gasteiger partial charge in [-0.3, -0.25) is 4.79 Å². The number of hydrogen-bond acceptors (Lipinski definition) is 3. The molecule has 2 aromatic rings. The molecule has 0 amide bonds. The maximum Gasteiger partial charge on any atom is 0.209 e. The first-order valence-corrected chi connectivity index (χ1v) is 6.13. The molecule has 1 aromatic heterocycles. The Kier molecular flexibility index (Phi) is 4.02. The molecule has 0 unspecified atom stereocenters. The molecule has 1 heterocycles. The SMILES string of the molecule is COc1ccc(C(=O)c2cc(Cl)c(Cl)[nH]2)cc1OC. The van der Waals surface area contributed by atoms with Gasteiger partial charge in [0.15, 0.2) is 11.5 Å². The Hall–Kier alpha value is -1.65. The van der Waals surface area contributed by atoms with Gasteiger partial charge in [-0.15, -0.1) is 0 Å². The quantitative estimate of drug-likeness (QED) is 0.878. The first-order chi connectivity index (χ1) is 9.06. The monoisotopic (exact) mass is 299 g/mol. The summed E-state index contributed by atoms with van der Waals surface area (Å²) in [5.74, 6) is 0.813. The van der Waals surface area contributed by atoms with E-state index in [-0.39, 0.29) is 10.9 Å². The Balaban J connectivity index is 2.39. The second-order valence-corrected chi connectivity index (χ2v) is 4.53. The van der Waals surface area contributed by atoms with Gasteiger partial charge in [0.25, 0.3) is 0 Å². The van der Waals surface area contributed by atoms with Crippen molar-refractivity contribution < 1.29 is 14.3 Å². The van der Waals surface area contributed by atoms with Crippen LogP contribution in [-0.2, 0) is 0 Å². The highest BCUT2D eigenvalue weighted by Gasteiger charge is 2.16. The Labute approximate surface area is 120 Å². The van der Waals surface area contributed by atoms with Crippen molar-refractivity contribution in [2.75, 3.05) is 14.2 Å². The van der Waals surface area contributed by atoms with Crippen LogP contribution in [0.5, 0.6) is 11.5 Å². The van der Waals surface area contributed by atoms with Gasteiger partial charge in [-0.1, -0.05) is 23.2 Å². The van der Waals surface area contributed by atoms with E-state index < -0.39 is 0 Å². The summed E-state index contributed by atoms with van der Waals surface area (Å²) >= 11 is 11.6. The fraction of sp³-hybridized carbons (Fsp3) is 0.154. The highest BCUT2D eigenvalue weighted by atomic mass is 35.5. The molecule has 0 spiro atoms. The van der Waals surface area contributed by atoms with E-state index in [1.54, 1.807) is 18.2 Å². The van der Waals surface area contributed by atoms with Crippen molar-refractivity contribution in [2.45, 2.75) is 0 Å².